The molecule has 0 heterocycles. The number of benzene rings is 1. The highest BCUT2D eigenvalue weighted by Crippen LogP contribution is 2.25. The van der Waals surface area contributed by atoms with Crippen molar-refractivity contribution in [1.29, 1.82) is 0 Å². The van der Waals surface area contributed by atoms with E-state index >= 15 is 0 Å². The Kier molecular flexibility index (Phi) is 5.03. The molecule has 0 aliphatic rings. The van der Waals surface area contributed by atoms with Gasteiger partial charge in [-0.1, -0.05) is 13.8 Å². The van der Waals surface area contributed by atoms with Crippen LogP contribution in [0.3, 0.4) is 0 Å². The number of hydrogen-bond acceptors (Lipinski definition) is 3. The molecule has 0 aliphatic heterocycles. The highest BCUT2D eigenvalue weighted by Gasteiger charge is 2.21. The van der Waals surface area contributed by atoms with E-state index < -0.39 is 23.5 Å². The maximum atomic E-state index is 13.2. The summed E-state index contributed by atoms with van der Waals surface area (Å²) in [6, 6.07) is 3.53. The highest BCUT2D eigenvalue weighted by atomic mass is 19.1. The van der Waals surface area contributed by atoms with Crippen molar-refractivity contribution in [3.05, 3.63) is 29.6 Å². The fraction of sp³-hybridized carbons (Fsp3) is 0.429. The first-order valence-electron chi connectivity index (χ1n) is 6.05. The first-order valence-corrected chi connectivity index (χ1v) is 6.05. The third kappa shape index (κ3) is 3.77. The zero-order valence-electron chi connectivity index (χ0n) is 11.5. The average Bonchev–Trinajstić information content (AvgIpc) is 2.37. The Morgan fingerprint density at radius 1 is 1.26 bits per heavy atom. The number of carbonyl (C=O) groups excluding carboxylic acids is 2. The number of amides is 1. The van der Waals surface area contributed by atoms with Gasteiger partial charge in [0.1, 0.15) is 11.6 Å². The quantitative estimate of drug-likeness (QED) is 0.832. The minimum atomic E-state index is -0.672. The number of nitrogens with one attached hydrogen (secondary N) is 1. The van der Waals surface area contributed by atoms with E-state index in [4.69, 9.17) is 4.74 Å². The maximum absolute atomic E-state index is 13.2. The molecular formula is C14H18FNO3. The van der Waals surface area contributed by atoms with E-state index in [9.17, 15) is 14.0 Å². The summed E-state index contributed by atoms with van der Waals surface area (Å²) in [5.74, 6) is -1.50. The predicted octanol–water partition coefficient (Wildman–Crippen LogP) is 2.24. The van der Waals surface area contributed by atoms with Crippen LogP contribution >= 0.6 is 0 Å². The summed E-state index contributed by atoms with van der Waals surface area (Å²) in [5.41, 5.74) is 0.493. The first-order chi connectivity index (χ1) is 8.86. The van der Waals surface area contributed by atoms with Crippen molar-refractivity contribution < 1.29 is 18.7 Å². The van der Waals surface area contributed by atoms with Crippen LogP contribution in [-0.4, -0.2) is 18.8 Å². The molecule has 0 unspecified atom stereocenters. The molecule has 0 radical (unpaired) electrons. The molecule has 1 atom stereocenters. The van der Waals surface area contributed by atoms with Gasteiger partial charge in [-0.05, 0) is 25.1 Å². The summed E-state index contributed by atoms with van der Waals surface area (Å²) in [6.45, 7) is 4.97. The zero-order valence-corrected chi connectivity index (χ0v) is 11.5. The molecule has 4 nitrogen and oxygen atoms in total. The van der Waals surface area contributed by atoms with Gasteiger partial charge in [0.25, 0.3) is 5.91 Å². The maximum Gasteiger partial charge on any atom is 0.288 e. The van der Waals surface area contributed by atoms with Crippen LogP contribution in [0.25, 0.3) is 0 Å². The second kappa shape index (κ2) is 6.31. The lowest BCUT2D eigenvalue weighted by molar-refractivity contribution is -0.140. The molecule has 0 fully saturated rings. The van der Waals surface area contributed by atoms with Gasteiger partial charge in [-0.15, -0.1) is 0 Å². The number of carbonyl (C=O) groups is 2. The standard InChI is InChI=1S/C14H18FNO3/c1-8(2)13(17)14(18)16-9(3)11-7-10(15)5-6-12(11)19-4/h5-9H,1-4H3,(H,16,18)/t9-/m1/s1. The van der Waals surface area contributed by atoms with Gasteiger partial charge in [0.2, 0.25) is 5.78 Å². The Bertz CT molecular complexity index is 486. The summed E-state index contributed by atoms with van der Waals surface area (Å²) in [5, 5.41) is 2.54. The molecule has 1 aromatic carbocycles. The topological polar surface area (TPSA) is 55.4 Å². The van der Waals surface area contributed by atoms with E-state index in [0.29, 0.717) is 11.3 Å². The molecule has 0 saturated heterocycles. The Morgan fingerprint density at radius 3 is 2.42 bits per heavy atom. The van der Waals surface area contributed by atoms with Gasteiger partial charge in [-0.25, -0.2) is 4.39 Å². The van der Waals surface area contributed by atoms with Crippen LogP contribution in [0.2, 0.25) is 0 Å². The van der Waals surface area contributed by atoms with Gasteiger partial charge in [0.05, 0.1) is 13.2 Å². The molecule has 0 spiro atoms. The third-order valence-electron chi connectivity index (χ3n) is 2.75. The lowest BCUT2D eigenvalue weighted by atomic mass is 10.0. The van der Waals surface area contributed by atoms with Crippen molar-refractivity contribution in [2.75, 3.05) is 7.11 Å². The second-order valence-corrected chi connectivity index (χ2v) is 4.60. The molecule has 5 heteroatoms. The van der Waals surface area contributed by atoms with E-state index in [2.05, 4.69) is 5.32 Å². The van der Waals surface area contributed by atoms with Crippen molar-refractivity contribution in [3.63, 3.8) is 0 Å². The Hall–Kier alpha value is -1.91. The largest absolute Gasteiger partial charge is 0.496 e. The summed E-state index contributed by atoms with van der Waals surface area (Å²) < 4.78 is 18.3. The normalized spacial score (nSPS) is 12.1. The van der Waals surface area contributed by atoms with Crippen LogP contribution in [0, 0.1) is 11.7 Å². The van der Waals surface area contributed by atoms with Gasteiger partial charge >= 0.3 is 0 Å². The van der Waals surface area contributed by atoms with Crippen LogP contribution in [0.5, 0.6) is 5.75 Å². The van der Waals surface area contributed by atoms with E-state index in [1.165, 1.54) is 25.3 Å². The van der Waals surface area contributed by atoms with Crippen LogP contribution < -0.4 is 10.1 Å². The van der Waals surface area contributed by atoms with E-state index in [1.807, 2.05) is 0 Å². The van der Waals surface area contributed by atoms with E-state index in [-0.39, 0.29) is 5.92 Å². The average molecular weight is 267 g/mol. The number of Topliss-reactive ketones (excluding diaryl/α,β-unsaturated/α-hetero) is 1. The minimum Gasteiger partial charge on any atom is -0.496 e. The summed E-state index contributed by atoms with van der Waals surface area (Å²) in [4.78, 5) is 23.2. The van der Waals surface area contributed by atoms with Crippen LogP contribution in [-0.2, 0) is 9.59 Å². The molecule has 0 saturated carbocycles. The van der Waals surface area contributed by atoms with Crippen LogP contribution in [0.4, 0.5) is 4.39 Å². The number of halogens is 1. The molecule has 1 rings (SSSR count). The van der Waals surface area contributed by atoms with Gasteiger partial charge in [-0.3, -0.25) is 9.59 Å². The summed E-state index contributed by atoms with van der Waals surface area (Å²) in [6.07, 6.45) is 0. The smallest absolute Gasteiger partial charge is 0.288 e. The lowest BCUT2D eigenvalue weighted by Gasteiger charge is -2.17. The Labute approximate surface area is 112 Å². The predicted molar refractivity (Wildman–Crippen MR) is 69.4 cm³/mol. The van der Waals surface area contributed by atoms with Crippen molar-refractivity contribution in [3.8, 4) is 5.75 Å². The SMILES string of the molecule is COc1ccc(F)cc1[C@@H](C)NC(=O)C(=O)C(C)C. The molecule has 0 aromatic heterocycles. The molecule has 0 bridgehead atoms. The number of ketones is 1. The molecule has 1 N–H and O–H groups in total. The molecule has 1 aromatic rings. The highest BCUT2D eigenvalue weighted by molar-refractivity contribution is 6.36. The van der Waals surface area contributed by atoms with Crippen molar-refractivity contribution >= 4 is 11.7 Å². The van der Waals surface area contributed by atoms with Crippen LogP contribution in [0.1, 0.15) is 32.4 Å². The van der Waals surface area contributed by atoms with Crippen molar-refractivity contribution in [2.45, 2.75) is 26.8 Å². The molecular weight excluding hydrogens is 249 g/mol. The van der Waals surface area contributed by atoms with Crippen molar-refractivity contribution in [2.24, 2.45) is 5.92 Å². The Balaban J connectivity index is 2.89. The molecule has 1 amide bonds. The fourth-order valence-corrected chi connectivity index (χ4v) is 1.65. The molecule has 0 aliphatic carbocycles. The van der Waals surface area contributed by atoms with Gasteiger partial charge in [0, 0.05) is 11.5 Å². The van der Waals surface area contributed by atoms with Crippen LogP contribution in [0.15, 0.2) is 18.2 Å². The van der Waals surface area contributed by atoms with Gasteiger partial charge in [-0.2, -0.15) is 0 Å². The first kappa shape index (κ1) is 15.1. The number of hydrogen-bond donors (Lipinski definition) is 1. The second-order valence-electron chi connectivity index (χ2n) is 4.60. The van der Waals surface area contributed by atoms with Crippen molar-refractivity contribution in [1.82, 2.24) is 5.32 Å². The minimum absolute atomic E-state index is 0.374. The summed E-state index contributed by atoms with van der Waals surface area (Å²) in [7, 11) is 1.46. The molecule has 19 heavy (non-hydrogen) atoms. The van der Waals surface area contributed by atoms with Gasteiger partial charge < -0.3 is 10.1 Å². The number of ether oxygens (including phenoxy) is 1. The lowest BCUT2D eigenvalue weighted by Crippen LogP contribution is -2.35. The van der Waals surface area contributed by atoms with E-state index in [1.54, 1.807) is 20.8 Å². The van der Waals surface area contributed by atoms with Gasteiger partial charge in [0.15, 0.2) is 0 Å². The Morgan fingerprint density at radius 2 is 1.89 bits per heavy atom. The monoisotopic (exact) mass is 267 g/mol. The fourth-order valence-electron chi connectivity index (χ4n) is 1.65. The third-order valence-corrected chi connectivity index (χ3v) is 2.75. The molecule has 104 valence electrons. The number of methoxy groups -OCH3 is 1. The summed E-state index contributed by atoms with van der Waals surface area (Å²) >= 11 is 0. The zero-order chi connectivity index (χ0) is 14.6. The number of rotatable bonds is 5. The van der Waals surface area contributed by atoms with E-state index in [0.717, 1.165) is 0 Å².